The third kappa shape index (κ3) is 4.14. The van der Waals surface area contributed by atoms with Crippen molar-refractivity contribution in [2.75, 3.05) is 27.2 Å². The summed E-state index contributed by atoms with van der Waals surface area (Å²) in [6.45, 7) is 3.23. The van der Waals surface area contributed by atoms with Crippen LogP contribution < -0.4 is 0 Å². The number of amides is 2. The van der Waals surface area contributed by atoms with Gasteiger partial charge in [-0.25, -0.2) is 4.39 Å². The van der Waals surface area contributed by atoms with E-state index in [0.717, 1.165) is 0 Å². The maximum atomic E-state index is 15.5. The molecule has 0 bridgehead atoms. The molecule has 3 aromatic rings. The number of carbonyl (C=O) groups is 2. The van der Waals surface area contributed by atoms with Crippen LogP contribution in [0.5, 0.6) is 0 Å². The SMILES string of the molecule is CC(Cn1cccn1)C(=O)N1CCC=C(c2cc(Cl)c3cc(C(=O)N(C)C)[nH]c3c2F)C1. The van der Waals surface area contributed by atoms with E-state index in [0.29, 0.717) is 47.6 Å². The second-order valence-corrected chi connectivity index (χ2v) is 8.71. The molecule has 168 valence electrons. The number of nitrogens with zero attached hydrogens (tertiary/aromatic N) is 4. The summed E-state index contributed by atoms with van der Waals surface area (Å²) in [6.07, 6.45) is 6.07. The highest BCUT2D eigenvalue weighted by Crippen LogP contribution is 2.34. The summed E-state index contributed by atoms with van der Waals surface area (Å²) in [6, 6.07) is 4.96. The number of aromatic amines is 1. The van der Waals surface area contributed by atoms with Crippen LogP contribution >= 0.6 is 11.6 Å². The standard InChI is InChI=1S/C23H25ClFN5O2/c1-14(12-30-9-5-7-26-30)22(31)29-8-4-6-15(13-29)16-10-18(24)17-11-19(23(32)28(2)3)27-21(17)20(16)25/h5-7,9-11,14,27H,4,8,12-13H2,1-3H3. The lowest BCUT2D eigenvalue weighted by Crippen LogP contribution is -2.40. The zero-order valence-corrected chi connectivity index (χ0v) is 19.0. The molecule has 0 spiro atoms. The number of hydrogen-bond donors (Lipinski definition) is 1. The molecule has 0 saturated heterocycles. The van der Waals surface area contributed by atoms with Crippen molar-refractivity contribution in [2.45, 2.75) is 19.9 Å². The molecule has 0 fully saturated rings. The highest BCUT2D eigenvalue weighted by molar-refractivity contribution is 6.36. The van der Waals surface area contributed by atoms with Gasteiger partial charge in [0.15, 0.2) is 5.82 Å². The number of H-pyrrole nitrogens is 1. The van der Waals surface area contributed by atoms with E-state index in [-0.39, 0.29) is 28.9 Å². The first-order chi connectivity index (χ1) is 15.3. The monoisotopic (exact) mass is 457 g/mol. The van der Waals surface area contributed by atoms with Crippen molar-refractivity contribution in [2.24, 2.45) is 5.92 Å². The van der Waals surface area contributed by atoms with Crippen molar-refractivity contribution in [1.29, 1.82) is 0 Å². The predicted octanol–water partition coefficient (Wildman–Crippen LogP) is 3.81. The molecule has 2 aromatic heterocycles. The van der Waals surface area contributed by atoms with E-state index in [1.54, 1.807) is 42.0 Å². The van der Waals surface area contributed by atoms with Crippen LogP contribution in [0.1, 0.15) is 29.4 Å². The second kappa shape index (κ2) is 8.78. The number of aromatic nitrogens is 3. The molecule has 32 heavy (non-hydrogen) atoms. The Balaban J connectivity index is 1.59. The lowest BCUT2D eigenvalue weighted by Gasteiger charge is -2.30. The van der Waals surface area contributed by atoms with Gasteiger partial charge in [0.05, 0.1) is 23.0 Å². The summed E-state index contributed by atoms with van der Waals surface area (Å²) < 4.78 is 17.2. The number of rotatable bonds is 5. The van der Waals surface area contributed by atoms with Gasteiger partial charge in [0.1, 0.15) is 5.69 Å². The van der Waals surface area contributed by atoms with Crippen molar-refractivity contribution in [3.63, 3.8) is 0 Å². The highest BCUT2D eigenvalue weighted by Gasteiger charge is 2.26. The molecule has 1 atom stereocenters. The highest BCUT2D eigenvalue weighted by atomic mass is 35.5. The third-order valence-corrected chi connectivity index (χ3v) is 6.00. The lowest BCUT2D eigenvalue weighted by molar-refractivity contribution is -0.135. The molecule has 4 rings (SSSR count). The molecule has 0 saturated carbocycles. The summed E-state index contributed by atoms with van der Waals surface area (Å²) in [5.74, 6) is -1.00. The number of halogens is 2. The molecule has 2 amide bonds. The Labute approximate surface area is 190 Å². The van der Waals surface area contributed by atoms with Gasteiger partial charge in [0.25, 0.3) is 5.91 Å². The van der Waals surface area contributed by atoms with Crippen LogP contribution in [0.25, 0.3) is 16.5 Å². The molecule has 0 radical (unpaired) electrons. The molecular weight excluding hydrogens is 433 g/mol. The molecule has 9 heteroatoms. The summed E-state index contributed by atoms with van der Waals surface area (Å²) in [5, 5.41) is 4.96. The van der Waals surface area contributed by atoms with E-state index >= 15 is 4.39 Å². The molecule has 1 unspecified atom stereocenters. The Morgan fingerprint density at radius 3 is 2.81 bits per heavy atom. The van der Waals surface area contributed by atoms with Crippen LogP contribution in [0.4, 0.5) is 4.39 Å². The summed E-state index contributed by atoms with van der Waals surface area (Å²) in [7, 11) is 3.26. The van der Waals surface area contributed by atoms with E-state index in [2.05, 4.69) is 10.1 Å². The van der Waals surface area contributed by atoms with Crippen molar-refractivity contribution >= 4 is 39.9 Å². The number of carbonyl (C=O) groups excluding carboxylic acids is 2. The van der Waals surface area contributed by atoms with Crippen LogP contribution in [0, 0.1) is 11.7 Å². The number of nitrogens with one attached hydrogen (secondary N) is 1. The fraction of sp³-hybridized carbons (Fsp3) is 0.348. The van der Waals surface area contributed by atoms with Crippen molar-refractivity contribution in [3.8, 4) is 0 Å². The zero-order valence-electron chi connectivity index (χ0n) is 18.2. The van der Waals surface area contributed by atoms with Crippen molar-refractivity contribution in [1.82, 2.24) is 24.6 Å². The first-order valence-corrected chi connectivity index (χ1v) is 10.8. The number of hydrogen-bond acceptors (Lipinski definition) is 3. The minimum absolute atomic E-state index is 0.00239. The van der Waals surface area contributed by atoms with Gasteiger partial charge >= 0.3 is 0 Å². The molecule has 1 aliphatic heterocycles. The average Bonchev–Trinajstić information content (AvgIpc) is 3.45. The molecular formula is C23H25ClFN5O2. The molecule has 1 aliphatic rings. The Kier molecular flexibility index (Phi) is 6.06. The molecule has 1 N–H and O–H groups in total. The van der Waals surface area contributed by atoms with Crippen molar-refractivity contribution < 1.29 is 14.0 Å². The minimum Gasteiger partial charge on any atom is -0.348 e. The number of benzene rings is 1. The number of fused-ring (bicyclic) bond motifs is 1. The first-order valence-electron chi connectivity index (χ1n) is 10.4. The predicted molar refractivity (Wildman–Crippen MR) is 122 cm³/mol. The maximum Gasteiger partial charge on any atom is 0.269 e. The van der Waals surface area contributed by atoms with Gasteiger partial charge in [-0.1, -0.05) is 24.6 Å². The lowest BCUT2D eigenvalue weighted by atomic mass is 9.98. The van der Waals surface area contributed by atoms with E-state index in [9.17, 15) is 9.59 Å². The average molecular weight is 458 g/mol. The third-order valence-electron chi connectivity index (χ3n) is 5.69. The molecule has 0 aliphatic carbocycles. The Morgan fingerprint density at radius 1 is 1.34 bits per heavy atom. The quantitative estimate of drug-likeness (QED) is 0.633. The van der Waals surface area contributed by atoms with Crippen LogP contribution in [0.2, 0.25) is 5.02 Å². The van der Waals surface area contributed by atoms with Crippen LogP contribution in [0.15, 0.2) is 36.7 Å². The first kappa shape index (κ1) is 22.1. The fourth-order valence-corrected chi connectivity index (χ4v) is 4.27. The second-order valence-electron chi connectivity index (χ2n) is 8.30. The van der Waals surface area contributed by atoms with E-state index < -0.39 is 5.82 Å². The maximum absolute atomic E-state index is 15.5. The van der Waals surface area contributed by atoms with Crippen LogP contribution in [0.3, 0.4) is 0 Å². The van der Waals surface area contributed by atoms with Gasteiger partial charge < -0.3 is 14.8 Å². The van der Waals surface area contributed by atoms with Gasteiger partial charge in [0.2, 0.25) is 5.91 Å². The Bertz CT molecular complexity index is 1200. The van der Waals surface area contributed by atoms with Crippen LogP contribution in [-0.4, -0.2) is 63.6 Å². The van der Waals surface area contributed by atoms with Gasteiger partial charge in [-0.05, 0) is 30.2 Å². The molecule has 1 aromatic carbocycles. The fourth-order valence-electron chi connectivity index (χ4n) is 4.01. The van der Waals surface area contributed by atoms with Gasteiger partial charge in [0, 0.05) is 50.5 Å². The van der Waals surface area contributed by atoms with Gasteiger partial charge in [-0.15, -0.1) is 0 Å². The summed E-state index contributed by atoms with van der Waals surface area (Å²) in [4.78, 5) is 31.3. The Morgan fingerprint density at radius 2 is 2.12 bits per heavy atom. The van der Waals surface area contributed by atoms with E-state index in [1.165, 1.54) is 4.90 Å². The molecule has 7 nitrogen and oxygen atoms in total. The van der Waals surface area contributed by atoms with Gasteiger partial charge in [-0.2, -0.15) is 5.10 Å². The van der Waals surface area contributed by atoms with Gasteiger partial charge in [-0.3, -0.25) is 14.3 Å². The van der Waals surface area contributed by atoms with Crippen LogP contribution in [-0.2, 0) is 11.3 Å². The zero-order chi connectivity index (χ0) is 23.0. The smallest absolute Gasteiger partial charge is 0.269 e. The van der Waals surface area contributed by atoms with E-state index in [4.69, 9.17) is 11.6 Å². The topological polar surface area (TPSA) is 74.2 Å². The summed E-state index contributed by atoms with van der Waals surface area (Å²) in [5.41, 5.74) is 1.50. The Hall–Kier alpha value is -3.13. The minimum atomic E-state index is -0.479. The van der Waals surface area contributed by atoms with E-state index in [1.807, 2.05) is 25.3 Å². The van der Waals surface area contributed by atoms with Crippen molar-refractivity contribution in [3.05, 3.63) is 58.8 Å². The summed E-state index contributed by atoms with van der Waals surface area (Å²) >= 11 is 6.45. The largest absolute Gasteiger partial charge is 0.348 e. The normalized spacial score (nSPS) is 15.0. The molecule has 3 heterocycles.